The van der Waals surface area contributed by atoms with Gasteiger partial charge in [0.05, 0.1) is 21.4 Å². The second-order valence-electron chi connectivity index (χ2n) is 15.6. The Balaban J connectivity index is 1.10. The maximum Gasteiger partial charge on any atom is 0.164 e. The lowest BCUT2D eigenvalue weighted by Gasteiger charge is -2.14. The topological polar surface area (TPSA) is 43.6 Å². The molecule has 0 unspecified atom stereocenters. The van der Waals surface area contributed by atoms with Crippen molar-refractivity contribution in [3.63, 3.8) is 0 Å². The van der Waals surface area contributed by atoms with E-state index in [-0.39, 0.29) is 0 Å². The van der Waals surface area contributed by atoms with Gasteiger partial charge in [-0.1, -0.05) is 146 Å². The number of hydrogen-bond donors (Lipinski definition) is 0. The number of nitrogens with zero attached hydrogens (tertiary/aromatic N) is 4. The lowest BCUT2D eigenvalue weighted by molar-refractivity contribution is 1.07. The second-order valence-corrected chi connectivity index (χ2v) is 16.7. The summed E-state index contributed by atoms with van der Waals surface area (Å²) < 4.78 is 4.92. The predicted molar refractivity (Wildman–Crippen MR) is 253 cm³/mol. The fraction of sp³-hybridized carbons (Fsp3) is 0. The van der Waals surface area contributed by atoms with Crippen LogP contribution in [0.15, 0.2) is 194 Å². The van der Waals surface area contributed by atoms with Crippen LogP contribution in [0.2, 0.25) is 0 Å². The number of fused-ring (bicyclic) bond motifs is 11. The number of rotatable bonds is 4. The van der Waals surface area contributed by atoms with Crippen molar-refractivity contribution in [2.75, 3.05) is 0 Å². The number of benzene rings is 10. The van der Waals surface area contributed by atoms with Crippen molar-refractivity contribution >= 4 is 96.4 Å². The van der Waals surface area contributed by atoms with Crippen LogP contribution in [0.5, 0.6) is 0 Å². The summed E-state index contributed by atoms with van der Waals surface area (Å²) in [5.74, 6) is 1.91. The Kier molecular flexibility index (Phi) is 7.14. The summed E-state index contributed by atoms with van der Waals surface area (Å²) in [6.45, 7) is 0. The van der Waals surface area contributed by atoms with E-state index in [9.17, 15) is 0 Å². The van der Waals surface area contributed by atoms with E-state index in [0.29, 0.717) is 17.5 Å². The molecule has 3 aromatic heterocycles. The zero-order valence-corrected chi connectivity index (χ0v) is 33.0. The second kappa shape index (κ2) is 12.9. The largest absolute Gasteiger partial charge is 0.308 e. The Bertz CT molecular complexity index is 3910. The molecule has 0 bridgehead atoms. The molecule has 4 nitrogen and oxygen atoms in total. The highest BCUT2D eigenvalue weighted by atomic mass is 32.1. The van der Waals surface area contributed by atoms with Gasteiger partial charge in [0.25, 0.3) is 0 Å². The van der Waals surface area contributed by atoms with Crippen LogP contribution < -0.4 is 0 Å². The van der Waals surface area contributed by atoms with Crippen LogP contribution in [0.1, 0.15) is 0 Å². The molecule has 0 atom stereocenters. The van der Waals surface area contributed by atoms with Crippen molar-refractivity contribution in [1.29, 1.82) is 0 Å². The van der Waals surface area contributed by atoms with Gasteiger partial charge in [-0.15, -0.1) is 11.3 Å². The molecule has 0 saturated heterocycles. The average Bonchev–Trinajstić information content (AvgIpc) is 3.85. The highest BCUT2D eigenvalue weighted by Crippen LogP contribution is 2.44. The minimum Gasteiger partial charge on any atom is -0.308 e. The first-order chi connectivity index (χ1) is 29.7. The van der Waals surface area contributed by atoms with Gasteiger partial charge in [-0.2, -0.15) is 0 Å². The summed E-state index contributed by atoms with van der Waals surface area (Å²) in [6, 6.07) is 69.9. The normalized spacial score (nSPS) is 12.0. The van der Waals surface area contributed by atoms with E-state index in [1.807, 2.05) is 11.3 Å². The van der Waals surface area contributed by atoms with Crippen molar-refractivity contribution in [1.82, 2.24) is 19.5 Å². The molecule has 0 fully saturated rings. The monoisotopic (exact) mass is 780 g/mol. The highest BCUT2D eigenvalue weighted by molar-refractivity contribution is 7.26. The molecular formula is C55H32N4S. The van der Waals surface area contributed by atoms with Crippen LogP contribution in [-0.2, 0) is 0 Å². The third-order valence-electron chi connectivity index (χ3n) is 12.1. The molecule has 278 valence electrons. The summed E-state index contributed by atoms with van der Waals surface area (Å²) in [7, 11) is 0. The van der Waals surface area contributed by atoms with Gasteiger partial charge < -0.3 is 4.57 Å². The Morgan fingerprint density at radius 3 is 1.67 bits per heavy atom. The Hall–Kier alpha value is -7.73. The molecule has 0 aliphatic carbocycles. The van der Waals surface area contributed by atoms with Crippen molar-refractivity contribution in [3.05, 3.63) is 194 Å². The maximum absolute atomic E-state index is 5.36. The van der Waals surface area contributed by atoms with E-state index in [1.54, 1.807) is 0 Å². The van der Waals surface area contributed by atoms with Gasteiger partial charge in [0.1, 0.15) is 0 Å². The number of aromatic nitrogens is 4. The van der Waals surface area contributed by atoms with Gasteiger partial charge in [-0.25, -0.2) is 15.0 Å². The first-order valence-corrected chi connectivity index (χ1v) is 21.1. The van der Waals surface area contributed by atoms with E-state index in [1.165, 1.54) is 68.8 Å². The maximum atomic E-state index is 5.36. The van der Waals surface area contributed by atoms with Gasteiger partial charge in [0.15, 0.2) is 17.5 Å². The first kappa shape index (κ1) is 33.3. The van der Waals surface area contributed by atoms with Gasteiger partial charge in [0, 0.05) is 42.9 Å². The Morgan fingerprint density at radius 2 is 0.867 bits per heavy atom. The van der Waals surface area contributed by atoms with Gasteiger partial charge in [-0.3, -0.25) is 0 Å². The van der Waals surface area contributed by atoms with E-state index in [4.69, 9.17) is 15.0 Å². The molecule has 0 aliphatic heterocycles. The zero-order valence-electron chi connectivity index (χ0n) is 32.2. The minimum absolute atomic E-state index is 0.631. The molecule has 0 aliphatic rings. The van der Waals surface area contributed by atoms with Crippen molar-refractivity contribution < 1.29 is 0 Å². The van der Waals surface area contributed by atoms with Crippen molar-refractivity contribution in [2.45, 2.75) is 0 Å². The highest BCUT2D eigenvalue weighted by Gasteiger charge is 2.21. The summed E-state index contributed by atoms with van der Waals surface area (Å²) in [5, 5.41) is 14.4. The summed E-state index contributed by atoms with van der Waals surface area (Å²) in [5.41, 5.74) is 6.27. The third-order valence-corrected chi connectivity index (χ3v) is 13.4. The van der Waals surface area contributed by atoms with E-state index in [0.717, 1.165) is 38.7 Å². The lowest BCUT2D eigenvalue weighted by Crippen LogP contribution is -2.01. The van der Waals surface area contributed by atoms with Crippen molar-refractivity contribution in [2.24, 2.45) is 0 Å². The molecule has 10 aromatic carbocycles. The molecule has 3 heterocycles. The van der Waals surface area contributed by atoms with Crippen LogP contribution in [-0.4, -0.2) is 19.5 Å². The van der Waals surface area contributed by atoms with E-state index in [2.05, 4.69) is 199 Å². The standard InChI is InChI=1S/C55H32N4S/c1-2-13-35-27-39(24-21-33(35)11-1)53-56-54(40-25-26-43-38(28-40)23-22-34-12-5-6-16-42(34)43)58-55(57-53)41-30-47-45-18-8-10-20-51(45)60-52(47)50(32-41)59-48-19-9-7-17-44(48)46-29-36-14-3-4-15-37(36)31-49(46)59/h1-32H. The molecular weight excluding hydrogens is 749 g/mol. The van der Waals surface area contributed by atoms with Gasteiger partial charge in [-0.05, 0) is 91.6 Å². The van der Waals surface area contributed by atoms with Crippen LogP contribution in [0.4, 0.5) is 0 Å². The summed E-state index contributed by atoms with van der Waals surface area (Å²) in [6.07, 6.45) is 0. The van der Waals surface area contributed by atoms with Gasteiger partial charge >= 0.3 is 0 Å². The molecule has 0 saturated carbocycles. The fourth-order valence-corrected chi connectivity index (χ4v) is 10.5. The van der Waals surface area contributed by atoms with Crippen LogP contribution >= 0.6 is 11.3 Å². The fourth-order valence-electron chi connectivity index (χ4n) is 9.26. The Labute approximate surface area is 348 Å². The first-order valence-electron chi connectivity index (χ1n) is 20.3. The van der Waals surface area contributed by atoms with Crippen LogP contribution in [0.3, 0.4) is 0 Å². The number of para-hydroxylation sites is 1. The molecule has 5 heteroatoms. The zero-order chi connectivity index (χ0) is 39.3. The molecule has 0 amide bonds. The lowest BCUT2D eigenvalue weighted by atomic mass is 10.00. The molecule has 60 heavy (non-hydrogen) atoms. The molecule has 0 spiro atoms. The van der Waals surface area contributed by atoms with Crippen LogP contribution in [0.25, 0.3) is 125 Å². The smallest absolute Gasteiger partial charge is 0.164 e. The molecule has 13 rings (SSSR count). The molecule has 13 aromatic rings. The van der Waals surface area contributed by atoms with E-state index >= 15 is 0 Å². The molecule has 0 radical (unpaired) electrons. The Morgan fingerprint density at radius 1 is 0.317 bits per heavy atom. The number of hydrogen-bond acceptors (Lipinski definition) is 4. The third kappa shape index (κ3) is 5.13. The molecule has 0 N–H and O–H groups in total. The minimum atomic E-state index is 0.631. The van der Waals surface area contributed by atoms with Crippen LogP contribution in [0, 0.1) is 0 Å². The summed E-state index contributed by atoms with van der Waals surface area (Å²) in [4.78, 5) is 15.9. The van der Waals surface area contributed by atoms with Gasteiger partial charge in [0.2, 0.25) is 0 Å². The quantitative estimate of drug-likeness (QED) is 0.167. The number of thiophene rings is 1. The average molecular weight is 781 g/mol. The summed E-state index contributed by atoms with van der Waals surface area (Å²) >= 11 is 1.84. The van der Waals surface area contributed by atoms with E-state index < -0.39 is 0 Å². The SMILES string of the molecule is c1ccc2cc(-c3nc(-c4ccc5c(ccc6ccccc65)c4)nc(-c4cc(-n5c6ccccc6c6cc7ccccc7cc65)c5sc6ccccc6c5c4)n3)ccc2c1. The van der Waals surface area contributed by atoms with Crippen molar-refractivity contribution in [3.8, 4) is 39.9 Å². The predicted octanol–water partition coefficient (Wildman–Crippen LogP) is 15.0.